The molecule has 4 aromatic rings. The normalized spacial score (nSPS) is 15.2. The number of rotatable bonds is 8. The maximum atomic E-state index is 13.6. The Hall–Kier alpha value is -4.25. The molecule has 0 aliphatic carbocycles. The molecule has 1 atom stereocenters. The zero-order chi connectivity index (χ0) is 25.2. The van der Waals surface area contributed by atoms with E-state index >= 15 is 0 Å². The lowest BCUT2D eigenvalue weighted by atomic mass is 10.1. The molecule has 36 heavy (non-hydrogen) atoms. The van der Waals surface area contributed by atoms with E-state index in [2.05, 4.69) is 20.4 Å². The first kappa shape index (κ1) is 23.5. The summed E-state index contributed by atoms with van der Waals surface area (Å²) in [6.07, 6.45) is 5.31. The topological polar surface area (TPSA) is 112 Å². The minimum atomic E-state index is -0.155. The number of aryl methyl sites for hydroxylation is 2. The van der Waals surface area contributed by atoms with Crippen LogP contribution in [0.25, 0.3) is 11.4 Å². The van der Waals surface area contributed by atoms with Gasteiger partial charge in [-0.3, -0.25) is 9.48 Å². The van der Waals surface area contributed by atoms with Gasteiger partial charge < -0.3 is 24.3 Å². The largest absolute Gasteiger partial charge is 0.497 e. The highest BCUT2D eigenvalue weighted by molar-refractivity contribution is 5.92. The number of amides is 1. The number of aromatic nitrogens is 6. The fourth-order valence-electron chi connectivity index (χ4n) is 4.34. The standard InChI is InChI=1S/C25H28N8O3/c1-16-11-26-25(29-21-8-9-27-31(21)2)30-22(16)20-14-32-13-18(15-35-3)33(24(34)23(32)28-20)12-17-6-5-7-19(10-17)36-4/h5-11,14,18H,12-13,15H2,1-4H3,(H,26,29,30). The lowest BCUT2D eigenvalue weighted by molar-refractivity contribution is 0.0380. The van der Waals surface area contributed by atoms with E-state index < -0.39 is 0 Å². The molecule has 0 radical (unpaired) electrons. The summed E-state index contributed by atoms with van der Waals surface area (Å²) >= 11 is 0. The van der Waals surface area contributed by atoms with Crippen LogP contribution in [0.4, 0.5) is 11.8 Å². The van der Waals surface area contributed by atoms with Crippen LogP contribution in [-0.2, 0) is 24.9 Å². The van der Waals surface area contributed by atoms with Gasteiger partial charge in [0.05, 0.1) is 31.6 Å². The molecule has 4 heterocycles. The summed E-state index contributed by atoms with van der Waals surface area (Å²) in [5.41, 5.74) is 3.11. The number of nitrogens with one attached hydrogen (secondary N) is 1. The molecular weight excluding hydrogens is 460 g/mol. The highest BCUT2D eigenvalue weighted by Gasteiger charge is 2.34. The molecule has 0 saturated heterocycles. The molecule has 1 unspecified atom stereocenters. The van der Waals surface area contributed by atoms with Crippen molar-refractivity contribution < 1.29 is 14.3 Å². The number of methoxy groups -OCH3 is 2. The lowest BCUT2D eigenvalue weighted by Crippen LogP contribution is -2.49. The second kappa shape index (κ2) is 9.78. The number of fused-ring (bicyclic) bond motifs is 1. The van der Waals surface area contributed by atoms with Crippen LogP contribution in [0.1, 0.15) is 21.7 Å². The second-order valence-electron chi connectivity index (χ2n) is 8.69. The van der Waals surface area contributed by atoms with Gasteiger partial charge in [0.25, 0.3) is 5.91 Å². The van der Waals surface area contributed by atoms with Crippen LogP contribution in [-0.4, -0.2) is 67.0 Å². The highest BCUT2D eigenvalue weighted by atomic mass is 16.5. The van der Waals surface area contributed by atoms with Crippen molar-refractivity contribution in [3.63, 3.8) is 0 Å². The van der Waals surface area contributed by atoms with Crippen molar-refractivity contribution >= 4 is 17.7 Å². The van der Waals surface area contributed by atoms with Gasteiger partial charge in [0.15, 0.2) is 5.82 Å². The third kappa shape index (κ3) is 4.52. The molecule has 0 bridgehead atoms. The predicted octanol–water partition coefficient (Wildman–Crippen LogP) is 2.81. The quantitative estimate of drug-likeness (QED) is 0.403. The van der Waals surface area contributed by atoms with E-state index in [9.17, 15) is 4.79 Å². The van der Waals surface area contributed by atoms with Crippen molar-refractivity contribution in [1.82, 2.24) is 34.2 Å². The van der Waals surface area contributed by atoms with Crippen molar-refractivity contribution in [2.45, 2.75) is 26.1 Å². The Balaban J connectivity index is 1.46. The minimum absolute atomic E-state index is 0.142. The molecule has 1 aliphatic rings. The smallest absolute Gasteiger partial charge is 0.290 e. The van der Waals surface area contributed by atoms with Crippen LogP contribution in [0.3, 0.4) is 0 Å². The van der Waals surface area contributed by atoms with Crippen molar-refractivity contribution in [2.75, 3.05) is 26.1 Å². The summed E-state index contributed by atoms with van der Waals surface area (Å²) < 4.78 is 14.4. The number of carbonyl (C=O) groups is 1. The van der Waals surface area contributed by atoms with Gasteiger partial charge in [-0.15, -0.1) is 0 Å². The first-order valence-corrected chi connectivity index (χ1v) is 11.6. The van der Waals surface area contributed by atoms with Crippen LogP contribution in [0.2, 0.25) is 0 Å². The molecule has 1 N–H and O–H groups in total. The summed E-state index contributed by atoms with van der Waals surface area (Å²) in [4.78, 5) is 29.2. The molecule has 5 rings (SSSR count). The van der Waals surface area contributed by atoms with E-state index in [0.29, 0.717) is 42.9 Å². The van der Waals surface area contributed by atoms with E-state index in [1.807, 2.05) is 60.0 Å². The zero-order valence-corrected chi connectivity index (χ0v) is 20.7. The zero-order valence-electron chi connectivity index (χ0n) is 20.7. The second-order valence-corrected chi connectivity index (χ2v) is 8.69. The van der Waals surface area contributed by atoms with E-state index in [4.69, 9.17) is 14.5 Å². The molecule has 186 valence electrons. The Bertz CT molecular complexity index is 1400. The van der Waals surface area contributed by atoms with Gasteiger partial charge in [-0.2, -0.15) is 5.10 Å². The van der Waals surface area contributed by atoms with Crippen molar-refractivity contribution in [1.29, 1.82) is 0 Å². The summed E-state index contributed by atoms with van der Waals surface area (Å²) in [6.45, 7) is 3.33. The van der Waals surface area contributed by atoms with Crippen LogP contribution in [0, 0.1) is 6.92 Å². The van der Waals surface area contributed by atoms with Gasteiger partial charge in [0, 0.05) is 45.7 Å². The Morgan fingerprint density at radius 2 is 2.06 bits per heavy atom. The number of carbonyl (C=O) groups excluding carboxylic acids is 1. The Labute approximate surface area is 208 Å². The number of benzene rings is 1. The first-order chi connectivity index (χ1) is 17.5. The van der Waals surface area contributed by atoms with E-state index in [-0.39, 0.29) is 11.9 Å². The summed E-state index contributed by atoms with van der Waals surface area (Å²) in [6, 6.07) is 9.41. The van der Waals surface area contributed by atoms with Gasteiger partial charge in [0.2, 0.25) is 5.95 Å². The summed E-state index contributed by atoms with van der Waals surface area (Å²) in [5, 5.41) is 7.32. The number of hydrogen-bond donors (Lipinski definition) is 1. The van der Waals surface area contributed by atoms with Crippen LogP contribution >= 0.6 is 0 Å². The fourth-order valence-corrected chi connectivity index (χ4v) is 4.34. The summed E-state index contributed by atoms with van der Waals surface area (Å²) in [7, 11) is 5.11. The molecule has 11 heteroatoms. The third-order valence-corrected chi connectivity index (χ3v) is 6.20. The van der Waals surface area contributed by atoms with Crippen molar-refractivity contribution in [2.24, 2.45) is 7.05 Å². The lowest BCUT2D eigenvalue weighted by Gasteiger charge is -2.35. The van der Waals surface area contributed by atoms with Crippen LogP contribution in [0.15, 0.2) is 48.9 Å². The van der Waals surface area contributed by atoms with Crippen LogP contribution < -0.4 is 10.1 Å². The summed E-state index contributed by atoms with van der Waals surface area (Å²) in [5.74, 6) is 2.16. The highest BCUT2D eigenvalue weighted by Crippen LogP contribution is 2.27. The Morgan fingerprint density at radius 1 is 1.19 bits per heavy atom. The number of imidazole rings is 1. The molecule has 1 aliphatic heterocycles. The van der Waals surface area contributed by atoms with E-state index in [1.165, 1.54) is 0 Å². The molecule has 0 spiro atoms. The van der Waals surface area contributed by atoms with Gasteiger partial charge in [-0.1, -0.05) is 12.1 Å². The monoisotopic (exact) mass is 488 g/mol. The van der Waals surface area contributed by atoms with Gasteiger partial charge in [-0.05, 0) is 30.2 Å². The molecule has 1 aromatic carbocycles. The van der Waals surface area contributed by atoms with Crippen molar-refractivity contribution in [3.8, 4) is 17.1 Å². The van der Waals surface area contributed by atoms with Crippen LogP contribution in [0.5, 0.6) is 5.75 Å². The third-order valence-electron chi connectivity index (χ3n) is 6.20. The molecular formula is C25H28N8O3. The SMILES string of the molecule is COCC1Cn2cc(-c3nc(Nc4ccnn4C)ncc3C)nc2C(=O)N1Cc1cccc(OC)c1. The molecule has 0 fully saturated rings. The van der Waals surface area contributed by atoms with Gasteiger partial charge in [0.1, 0.15) is 17.3 Å². The van der Waals surface area contributed by atoms with E-state index in [0.717, 1.165) is 22.7 Å². The van der Waals surface area contributed by atoms with Gasteiger partial charge >= 0.3 is 0 Å². The maximum Gasteiger partial charge on any atom is 0.290 e. The first-order valence-electron chi connectivity index (χ1n) is 11.6. The van der Waals surface area contributed by atoms with Gasteiger partial charge in [-0.25, -0.2) is 15.0 Å². The average molecular weight is 489 g/mol. The maximum absolute atomic E-state index is 13.6. The fraction of sp³-hybridized carbons (Fsp3) is 0.320. The number of nitrogens with zero attached hydrogens (tertiary/aromatic N) is 7. The molecule has 0 saturated carbocycles. The predicted molar refractivity (Wildman–Crippen MR) is 133 cm³/mol. The Kier molecular flexibility index (Phi) is 6.38. The number of ether oxygens (including phenoxy) is 2. The molecule has 1 amide bonds. The average Bonchev–Trinajstić information content (AvgIpc) is 3.49. The molecule has 11 nitrogen and oxygen atoms in total. The van der Waals surface area contributed by atoms with Crippen molar-refractivity contribution in [3.05, 3.63) is 65.9 Å². The Morgan fingerprint density at radius 3 is 2.81 bits per heavy atom. The number of hydrogen-bond acceptors (Lipinski definition) is 8. The molecule has 3 aromatic heterocycles. The minimum Gasteiger partial charge on any atom is -0.497 e. The number of anilines is 2. The van der Waals surface area contributed by atoms with E-state index in [1.54, 1.807) is 31.3 Å².